The monoisotopic (exact) mass is 261 g/mol. The molecule has 1 atom stereocenters. The summed E-state index contributed by atoms with van der Waals surface area (Å²) in [5, 5.41) is 8.62. The number of nitrogens with zero attached hydrogens (tertiary/aromatic N) is 1. The van der Waals surface area contributed by atoms with Crippen LogP contribution in [0, 0.1) is 5.92 Å². The van der Waals surface area contributed by atoms with Crippen molar-refractivity contribution >= 4 is 11.7 Å². The lowest BCUT2D eigenvalue weighted by Gasteiger charge is -2.35. The number of aliphatic carboxylic acids is 1. The van der Waals surface area contributed by atoms with Crippen LogP contribution in [0.2, 0.25) is 0 Å². The summed E-state index contributed by atoms with van der Waals surface area (Å²) in [6.07, 6.45) is 4.34. The van der Waals surface area contributed by atoms with Crippen molar-refractivity contribution in [2.24, 2.45) is 5.92 Å². The second kappa shape index (κ2) is 6.60. The number of carbonyl (C=O) groups is 1. The molecule has 0 spiro atoms. The van der Waals surface area contributed by atoms with Crippen molar-refractivity contribution in [1.29, 1.82) is 0 Å². The molecular formula is C16H23NO2. The Balaban J connectivity index is 1.85. The fraction of sp³-hybridized carbons (Fsp3) is 0.562. The Kier molecular flexibility index (Phi) is 4.83. The molecule has 1 aromatic rings. The van der Waals surface area contributed by atoms with Crippen LogP contribution in [0.1, 0.15) is 38.2 Å². The van der Waals surface area contributed by atoms with E-state index in [1.54, 1.807) is 0 Å². The first-order chi connectivity index (χ1) is 9.16. The Morgan fingerprint density at radius 3 is 2.89 bits per heavy atom. The van der Waals surface area contributed by atoms with Gasteiger partial charge in [-0.05, 0) is 36.8 Å². The van der Waals surface area contributed by atoms with Crippen LogP contribution in [-0.2, 0) is 11.2 Å². The minimum Gasteiger partial charge on any atom is -0.481 e. The van der Waals surface area contributed by atoms with E-state index in [-0.39, 0.29) is 0 Å². The van der Waals surface area contributed by atoms with Gasteiger partial charge in [-0.3, -0.25) is 4.79 Å². The average molecular weight is 261 g/mol. The lowest BCUT2D eigenvalue weighted by Crippen LogP contribution is -2.34. The van der Waals surface area contributed by atoms with E-state index >= 15 is 0 Å². The Morgan fingerprint density at radius 2 is 2.11 bits per heavy atom. The molecule has 0 amide bonds. The van der Waals surface area contributed by atoms with Gasteiger partial charge in [-0.1, -0.05) is 31.5 Å². The zero-order valence-electron chi connectivity index (χ0n) is 11.6. The zero-order valence-corrected chi connectivity index (χ0v) is 11.6. The number of hydrogen-bond donors (Lipinski definition) is 1. The number of anilines is 1. The van der Waals surface area contributed by atoms with Gasteiger partial charge in [-0.15, -0.1) is 0 Å². The van der Waals surface area contributed by atoms with Gasteiger partial charge >= 0.3 is 5.97 Å². The fourth-order valence-electron chi connectivity index (χ4n) is 2.87. The van der Waals surface area contributed by atoms with Crippen molar-refractivity contribution in [3.63, 3.8) is 0 Å². The number of carboxylic acids is 1. The minimum atomic E-state index is -0.683. The summed E-state index contributed by atoms with van der Waals surface area (Å²) in [5.41, 5.74) is 2.82. The van der Waals surface area contributed by atoms with E-state index < -0.39 is 5.97 Å². The van der Waals surface area contributed by atoms with Crippen molar-refractivity contribution in [1.82, 2.24) is 0 Å². The Morgan fingerprint density at radius 1 is 1.32 bits per heavy atom. The molecule has 1 aromatic carbocycles. The molecule has 0 aromatic heterocycles. The van der Waals surface area contributed by atoms with Gasteiger partial charge in [-0.2, -0.15) is 0 Å². The van der Waals surface area contributed by atoms with E-state index in [2.05, 4.69) is 36.1 Å². The second-order valence-corrected chi connectivity index (χ2v) is 5.59. The Labute approximate surface area is 115 Å². The third-order valence-corrected chi connectivity index (χ3v) is 3.75. The third-order valence-electron chi connectivity index (χ3n) is 3.75. The van der Waals surface area contributed by atoms with Crippen molar-refractivity contribution < 1.29 is 9.90 Å². The van der Waals surface area contributed by atoms with Crippen molar-refractivity contribution in [2.75, 3.05) is 18.0 Å². The van der Waals surface area contributed by atoms with E-state index in [9.17, 15) is 4.79 Å². The molecule has 0 aliphatic carbocycles. The van der Waals surface area contributed by atoms with E-state index in [4.69, 9.17) is 5.11 Å². The number of benzene rings is 1. The summed E-state index contributed by atoms with van der Waals surface area (Å²) in [7, 11) is 0. The lowest BCUT2D eigenvalue weighted by atomic mass is 9.93. The van der Waals surface area contributed by atoms with Gasteiger partial charge in [0.2, 0.25) is 0 Å². The maximum Gasteiger partial charge on any atom is 0.303 e. The molecule has 104 valence electrons. The van der Waals surface area contributed by atoms with Gasteiger partial charge in [0, 0.05) is 25.2 Å². The van der Waals surface area contributed by atoms with Crippen LogP contribution in [0.5, 0.6) is 0 Å². The number of rotatable bonds is 6. The van der Waals surface area contributed by atoms with Gasteiger partial charge in [0.15, 0.2) is 0 Å². The molecule has 0 bridgehead atoms. The fourth-order valence-corrected chi connectivity index (χ4v) is 2.87. The molecule has 0 saturated heterocycles. The number of carboxylic acid groups (broad SMARTS) is 1. The van der Waals surface area contributed by atoms with E-state index in [0.29, 0.717) is 12.3 Å². The van der Waals surface area contributed by atoms with Gasteiger partial charge in [0.1, 0.15) is 0 Å². The quantitative estimate of drug-likeness (QED) is 0.798. The predicted molar refractivity (Wildman–Crippen MR) is 77.6 cm³/mol. The highest BCUT2D eigenvalue weighted by Crippen LogP contribution is 2.29. The van der Waals surface area contributed by atoms with Gasteiger partial charge < -0.3 is 10.0 Å². The number of unbranched alkanes of at least 4 members (excludes halogenated alkanes) is 2. The maximum atomic E-state index is 10.5. The molecule has 3 heteroatoms. The second-order valence-electron chi connectivity index (χ2n) is 5.59. The summed E-state index contributed by atoms with van der Waals surface area (Å²) in [6.45, 7) is 4.46. The molecule has 2 rings (SSSR count). The summed E-state index contributed by atoms with van der Waals surface area (Å²) >= 11 is 0. The molecule has 1 heterocycles. The van der Waals surface area contributed by atoms with Gasteiger partial charge in [0.25, 0.3) is 0 Å². The van der Waals surface area contributed by atoms with Crippen molar-refractivity contribution in [2.45, 2.75) is 39.0 Å². The molecule has 1 unspecified atom stereocenters. The SMILES string of the molecule is CC1Cc2ccccc2N(CCCCCC(=O)O)C1. The Hall–Kier alpha value is -1.51. The van der Waals surface area contributed by atoms with E-state index in [1.807, 2.05) is 0 Å². The number of hydrogen-bond acceptors (Lipinski definition) is 2. The van der Waals surface area contributed by atoms with Crippen LogP contribution in [-0.4, -0.2) is 24.2 Å². The van der Waals surface area contributed by atoms with Crippen LogP contribution in [0.3, 0.4) is 0 Å². The molecule has 19 heavy (non-hydrogen) atoms. The van der Waals surface area contributed by atoms with Crippen LogP contribution in [0.25, 0.3) is 0 Å². The smallest absolute Gasteiger partial charge is 0.303 e. The van der Waals surface area contributed by atoms with Crippen LogP contribution < -0.4 is 4.90 Å². The molecular weight excluding hydrogens is 238 g/mol. The van der Waals surface area contributed by atoms with Crippen molar-refractivity contribution in [3.05, 3.63) is 29.8 Å². The first-order valence-corrected chi connectivity index (χ1v) is 7.21. The van der Waals surface area contributed by atoms with Gasteiger partial charge in [-0.25, -0.2) is 0 Å². The normalized spacial score (nSPS) is 18.2. The highest BCUT2D eigenvalue weighted by atomic mass is 16.4. The van der Waals surface area contributed by atoms with Crippen molar-refractivity contribution in [3.8, 4) is 0 Å². The Bertz CT molecular complexity index is 431. The average Bonchev–Trinajstić information content (AvgIpc) is 2.37. The molecule has 0 saturated carbocycles. The van der Waals surface area contributed by atoms with E-state index in [0.717, 1.165) is 32.4 Å². The standard InChI is InChI=1S/C16H23NO2/c1-13-11-14-7-4-5-8-15(14)17(12-13)10-6-2-3-9-16(18)19/h4-5,7-8,13H,2-3,6,9-12H2,1H3,(H,18,19). The predicted octanol–water partition coefficient (Wildman–Crippen LogP) is 3.33. The van der Waals surface area contributed by atoms with Gasteiger partial charge in [0.05, 0.1) is 0 Å². The largest absolute Gasteiger partial charge is 0.481 e. The molecule has 1 aliphatic rings. The molecule has 1 aliphatic heterocycles. The molecule has 1 N–H and O–H groups in total. The first kappa shape index (κ1) is 13.9. The summed E-state index contributed by atoms with van der Waals surface area (Å²) in [6, 6.07) is 8.65. The minimum absolute atomic E-state index is 0.299. The lowest BCUT2D eigenvalue weighted by molar-refractivity contribution is -0.137. The summed E-state index contributed by atoms with van der Waals surface area (Å²) < 4.78 is 0. The van der Waals surface area contributed by atoms with Crippen LogP contribution >= 0.6 is 0 Å². The molecule has 3 nitrogen and oxygen atoms in total. The topological polar surface area (TPSA) is 40.5 Å². The molecule has 0 fully saturated rings. The molecule has 0 radical (unpaired) electrons. The summed E-state index contributed by atoms with van der Waals surface area (Å²) in [4.78, 5) is 12.9. The zero-order chi connectivity index (χ0) is 13.7. The van der Waals surface area contributed by atoms with Crippen LogP contribution in [0.15, 0.2) is 24.3 Å². The highest BCUT2D eigenvalue weighted by molar-refractivity contribution is 5.66. The van der Waals surface area contributed by atoms with E-state index in [1.165, 1.54) is 17.7 Å². The van der Waals surface area contributed by atoms with Crippen LogP contribution in [0.4, 0.5) is 5.69 Å². The third kappa shape index (κ3) is 3.98. The first-order valence-electron chi connectivity index (χ1n) is 7.21. The number of para-hydroxylation sites is 1. The summed E-state index contributed by atoms with van der Waals surface area (Å²) in [5.74, 6) is 0.0193. The highest BCUT2D eigenvalue weighted by Gasteiger charge is 2.20. The maximum absolute atomic E-state index is 10.5. The number of fused-ring (bicyclic) bond motifs is 1.